The summed E-state index contributed by atoms with van der Waals surface area (Å²) < 4.78 is 5.43. The fourth-order valence-electron chi connectivity index (χ4n) is 2.21. The second-order valence-corrected chi connectivity index (χ2v) is 4.95. The average Bonchev–Trinajstić information content (AvgIpc) is 2.60. The fourth-order valence-corrected chi connectivity index (χ4v) is 2.21. The van der Waals surface area contributed by atoms with Gasteiger partial charge in [0.1, 0.15) is 12.4 Å². The molecule has 2 rings (SSSR count). The van der Waals surface area contributed by atoms with Gasteiger partial charge in [-0.2, -0.15) is 0 Å². The first kappa shape index (κ1) is 16.6. The molecule has 0 aromatic heterocycles. The molecule has 2 aromatic rings. The highest BCUT2D eigenvalue weighted by Crippen LogP contribution is 2.16. The van der Waals surface area contributed by atoms with Gasteiger partial charge in [0.15, 0.2) is 0 Å². The lowest BCUT2D eigenvalue weighted by Crippen LogP contribution is -2.35. The molecule has 0 fully saturated rings. The van der Waals surface area contributed by atoms with Crippen LogP contribution in [-0.4, -0.2) is 25.6 Å². The number of ether oxygens (including phenoxy) is 1. The minimum atomic E-state index is 0.0330. The molecule has 1 N–H and O–H groups in total. The van der Waals surface area contributed by atoms with Gasteiger partial charge in [-0.25, -0.2) is 0 Å². The van der Waals surface area contributed by atoms with Crippen molar-refractivity contribution in [2.75, 3.05) is 29.9 Å². The minimum Gasteiger partial charge on any atom is -0.490 e. The van der Waals surface area contributed by atoms with Crippen molar-refractivity contribution < 1.29 is 9.53 Å². The number of likely N-dealkylation sites (N-methyl/N-ethyl adjacent to an activating group) is 1. The Hall–Kier alpha value is -2.75. The second-order valence-electron chi connectivity index (χ2n) is 4.95. The first-order chi connectivity index (χ1) is 11.2. The number of carbonyl (C=O) groups excluding carboxylic acids is 1. The van der Waals surface area contributed by atoms with Crippen molar-refractivity contribution in [1.29, 1.82) is 0 Å². The van der Waals surface area contributed by atoms with Crippen molar-refractivity contribution in [1.82, 2.24) is 0 Å². The zero-order chi connectivity index (χ0) is 16.5. The third-order valence-electron chi connectivity index (χ3n) is 3.35. The van der Waals surface area contributed by atoms with Crippen LogP contribution in [0.3, 0.4) is 0 Å². The van der Waals surface area contributed by atoms with Gasteiger partial charge in [0.05, 0.1) is 6.54 Å². The van der Waals surface area contributed by atoms with E-state index in [1.165, 1.54) is 0 Å². The van der Waals surface area contributed by atoms with Crippen LogP contribution < -0.4 is 15.0 Å². The van der Waals surface area contributed by atoms with Crippen molar-refractivity contribution in [3.63, 3.8) is 0 Å². The van der Waals surface area contributed by atoms with Gasteiger partial charge in [0, 0.05) is 17.9 Å². The number of para-hydroxylation sites is 1. The molecule has 23 heavy (non-hydrogen) atoms. The molecule has 0 saturated carbocycles. The van der Waals surface area contributed by atoms with Gasteiger partial charge >= 0.3 is 0 Å². The topological polar surface area (TPSA) is 41.6 Å². The van der Waals surface area contributed by atoms with Crippen LogP contribution in [-0.2, 0) is 4.79 Å². The molecule has 4 nitrogen and oxygen atoms in total. The van der Waals surface area contributed by atoms with Crippen LogP contribution in [0, 0.1) is 0 Å². The summed E-state index contributed by atoms with van der Waals surface area (Å²) >= 11 is 0. The Kier molecular flexibility index (Phi) is 6.24. The molecule has 0 spiro atoms. The highest BCUT2D eigenvalue weighted by Gasteiger charge is 2.12. The molecular formula is C19H22N2O2. The van der Waals surface area contributed by atoms with Crippen LogP contribution in [0.5, 0.6) is 5.75 Å². The number of carbonyl (C=O) groups is 1. The molecular weight excluding hydrogens is 288 g/mol. The number of benzene rings is 2. The van der Waals surface area contributed by atoms with E-state index in [4.69, 9.17) is 4.74 Å². The van der Waals surface area contributed by atoms with Gasteiger partial charge in [0.2, 0.25) is 5.91 Å². The Balaban J connectivity index is 1.91. The monoisotopic (exact) mass is 310 g/mol. The first-order valence-electron chi connectivity index (χ1n) is 7.67. The Morgan fingerprint density at radius 1 is 1.17 bits per heavy atom. The predicted octanol–water partition coefficient (Wildman–Crippen LogP) is 3.72. The molecule has 0 atom stereocenters. The zero-order valence-electron chi connectivity index (χ0n) is 13.4. The van der Waals surface area contributed by atoms with E-state index in [9.17, 15) is 4.79 Å². The number of amides is 1. The second kappa shape index (κ2) is 8.63. The van der Waals surface area contributed by atoms with E-state index in [-0.39, 0.29) is 12.5 Å². The molecule has 0 heterocycles. The maximum Gasteiger partial charge on any atom is 0.246 e. The van der Waals surface area contributed by atoms with Crippen LogP contribution in [0.15, 0.2) is 67.3 Å². The van der Waals surface area contributed by atoms with Crippen molar-refractivity contribution in [2.24, 2.45) is 0 Å². The molecule has 0 aliphatic heterocycles. The number of nitrogens with one attached hydrogen (secondary N) is 1. The molecule has 2 aromatic carbocycles. The maximum absolute atomic E-state index is 12.4. The normalized spacial score (nSPS) is 9.96. The molecule has 0 radical (unpaired) electrons. The molecule has 0 aliphatic rings. The van der Waals surface area contributed by atoms with E-state index < -0.39 is 0 Å². The van der Waals surface area contributed by atoms with Crippen LogP contribution in [0.2, 0.25) is 0 Å². The van der Waals surface area contributed by atoms with E-state index in [0.717, 1.165) is 17.1 Å². The molecule has 0 bridgehead atoms. The smallest absolute Gasteiger partial charge is 0.246 e. The molecule has 0 aliphatic carbocycles. The fraction of sp³-hybridized carbons (Fsp3) is 0.211. The summed E-state index contributed by atoms with van der Waals surface area (Å²) in [6.07, 6.45) is 1.70. The summed E-state index contributed by atoms with van der Waals surface area (Å²) in [5.74, 6) is 0.812. The molecule has 1 amide bonds. The van der Waals surface area contributed by atoms with Crippen LogP contribution in [0.25, 0.3) is 0 Å². The highest BCUT2D eigenvalue weighted by atomic mass is 16.5. The lowest BCUT2D eigenvalue weighted by molar-refractivity contribution is -0.116. The molecule has 120 valence electrons. The van der Waals surface area contributed by atoms with Gasteiger partial charge in [0.25, 0.3) is 0 Å². The predicted molar refractivity (Wildman–Crippen MR) is 95.1 cm³/mol. The number of nitrogens with zero attached hydrogens (tertiary/aromatic N) is 1. The Bertz CT molecular complexity index is 624. The minimum absolute atomic E-state index is 0.0330. The van der Waals surface area contributed by atoms with Gasteiger partial charge in [-0.1, -0.05) is 30.9 Å². The lowest BCUT2D eigenvalue weighted by Gasteiger charge is -2.21. The van der Waals surface area contributed by atoms with Crippen molar-refractivity contribution in [3.05, 3.63) is 67.3 Å². The van der Waals surface area contributed by atoms with Gasteiger partial charge in [-0.15, -0.1) is 0 Å². The number of rotatable bonds is 8. The summed E-state index contributed by atoms with van der Waals surface area (Å²) in [4.78, 5) is 14.1. The van der Waals surface area contributed by atoms with Crippen LogP contribution in [0.4, 0.5) is 11.4 Å². The first-order valence-corrected chi connectivity index (χ1v) is 7.67. The summed E-state index contributed by atoms with van der Waals surface area (Å²) in [6.45, 7) is 6.94. The number of hydrogen-bond acceptors (Lipinski definition) is 3. The van der Waals surface area contributed by atoms with Crippen molar-refractivity contribution in [3.8, 4) is 5.75 Å². The van der Waals surface area contributed by atoms with Crippen LogP contribution >= 0.6 is 0 Å². The highest BCUT2D eigenvalue weighted by molar-refractivity contribution is 5.96. The molecule has 0 unspecified atom stereocenters. The summed E-state index contributed by atoms with van der Waals surface area (Å²) in [7, 11) is 0. The third kappa shape index (κ3) is 4.88. The Morgan fingerprint density at radius 2 is 1.87 bits per heavy atom. The quantitative estimate of drug-likeness (QED) is 0.756. The SMILES string of the molecule is C=CCOc1ccc(NCC(=O)N(CC)c2ccccc2)cc1. The zero-order valence-corrected chi connectivity index (χ0v) is 13.4. The third-order valence-corrected chi connectivity index (χ3v) is 3.35. The number of anilines is 2. The van der Waals surface area contributed by atoms with Crippen molar-refractivity contribution >= 4 is 17.3 Å². The molecule has 0 saturated heterocycles. The number of hydrogen-bond donors (Lipinski definition) is 1. The van der Waals surface area contributed by atoms with E-state index in [1.54, 1.807) is 11.0 Å². The summed E-state index contributed by atoms with van der Waals surface area (Å²) in [6, 6.07) is 17.2. The Labute approximate surface area is 137 Å². The Morgan fingerprint density at radius 3 is 2.48 bits per heavy atom. The maximum atomic E-state index is 12.4. The van der Waals surface area contributed by atoms with E-state index in [1.807, 2.05) is 61.5 Å². The van der Waals surface area contributed by atoms with Gasteiger partial charge in [-0.3, -0.25) is 4.79 Å². The van der Waals surface area contributed by atoms with E-state index >= 15 is 0 Å². The van der Waals surface area contributed by atoms with Crippen molar-refractivity contribution in [2.45, 2.75) is 6.92 Å². The summed E-state index contributed by atoms with van der Waals surface area (Å²) in [5.41, 5.74) is 1.79. The lowest BCUT2D eigenvalue weighted by atomic mass is 10.2. The summed E-state index contributed by atoms with van der Waals surface area (Å²) in [5, 5.41) is 3.15. The standard InChI is InChI=1S/C19H22N2O2/c1-3-14-23-18-12-10-16(11-13-18)20-15-19(22)21(4-2)17-8-6-5-7-9-17/h3,5-13,20H,1,4,14-15H2,2H3. The van der Waals surface area contributed by atoms with E-state index in [2.05, 4.69) is 11.9 Å². The van der Waals surface area contributed by atoms with Gasteiger partial charge in [-0.05, 0) is 43.3 Å². The molecule has 4 heteroatoms. The largest absolute Gasteiger partial charge is 0.490 e. The van der Waals surface area contributed by atoms with Crippen LogP contribution in [0.1, 0.15) is 6.92 Å². The van der Waals surface area contributed by atoms with Gasteiger partial charge < -0.3 is 15.0 Å². The van der Waals surface area contributed by atoms with E-state index in [0.29, 0.717) is 13.2 Å². The average molecular weight is 310 g/mol.